The van der Waals surface area contributed by atoms with E-state index in [4.69, 9.17) is 16.3 Å². The van der Waals surface area contributed by atoms with Crippen molar-refractivity contribution in [3.05, 3.63) is 70.2 Å². The molecule has 0 aromatic heterocycles. The molecule has 6 nitrogen and oxygen atoms in total. The minimum Gasteiger partial charge on any atom is -0.372 e. The maximum atomic E-state index is 12.8. The standard InChI is InChI=1S/C24H31ClN4O2.HI/c1-17-15-29(16-18(2)31-17)23(30)21-8-4-20(5-9-21)14-28-24(26-3)27-13-12-19-6-10-22(25)11-7-19;/h4-11,17-18H,12-16H2,1-3H3,(H2,26,27,28);1H. The van der Waals surface area contributed by atoms with Crippen LogP contribution in [0.25, 0.3) is 0 Å². The maximum absolute atomic E-state index is 12.8. The van der Waals surface area contributed by atoms with Crippen molar-refractivity contribution in [2.24, 2.45) is 4.99 Å². The van der Waals surface area contributed by atoms with Crippen LogP contribution >= 0.6 is 35.6 Å². The molecule has 2 atom stereocenters. The molecule has 174 valence electrons. The molecular weight excluding hydrogens is 539 g/mol. The molecule has 1 aliphatic heterocycles. The molecule has 0 radical (unpaired) electrons. The number of ether oxygens (including phenoxy) is 1. The molecule has 0 saturated carbocycles. The summed E-state index contributed by atoms with van der Waals surface area (Å²) >= 11 is 5.93. The van der Waals surface area contributed by atoms with Gasteiger partial charge < -0.3 is 20.3 Å². The van der Waals surface area contributed by atoms with Crippen LogP contribution in [0.2, 0.25) is 5.02 Å². The van der Waals surface area contributed by atoms with Crippen molar-refractivity contribution in [1.29, 1.82) is 0 Å². The third kappa shape index (κ3) is 7.94. The second-order valence-corrected chi connectivity index (χ2v) is 8.33. The molecule has 0 aliphatic carbocycles. The van der Waals surface area contributed by atoms with Gasteiger partial charge in [-0.2, -0.15) is 0 Å². The second-order valence-electron chi connectivity index (χ2n) is 7.89. The lowest BCUT2D eigenvalue weighted by Gasteiger charge is -2.35. The van der Waals surface area contributed by atoms with E-state index in [-0.39, 0.29) is 42.1 Å². The average Bonchev–Trinajstić information content (AvgIpc) is 2.76. The van der Waals surface area contributed by atoms with Crippen molar-refractivity contribution < 1.29 is 9.53 Å². The minimum atomic E-state index is 0. The van der Waals surface area contributed by atoms with Crippen molar-refractivity contribution in [2.45, 2.75) is 39.0 Å². The number of morpholine rings is 1. The first-order chi connectivity index (χ1) is 14.9. The van der Waals surface area contributed by atoms with E-state index in [1.54, 1.807) is 7.05 Å². The number of nitrogens with zero attached hydrogens (tertiary/aromatic N) is 2. The third-order valence-corrected chi connectivity index (χ3v) is 5.46. The lowest BCUT2D eigenvalue weighted by molar-refractivity contribution is -0.0586. The molecule has 1 heterocycles. The topological polar surface area (TPSA) is 66.0 Å². The summed E-state index contributed by atoms with van der Waals surface area (Å²) in [6.07, 6.45) is 1.01. The number of aliphatic imine (C=N–C) groups is 1. The van der Waals surface area contributed by atoms with Gasteiger partial charge in [-0.15, -0.1) is 24.0 Å². The maximum Gasteiger partial charge on any atom is 0.254 e. The number of nitrogens with one attached hydrogen (secondary N) is 2. The van der Waals surface area contributed by atoms with Gasteiger partial charge in [0.05, 0.1) is 12.2 Å². The number of hydrogen-bond donors (Lipinski definition) is 2. The zero-order chi connectivity index (χ0) is 22.2. The first kappa shape index (κ1) is 26.4. The molecule has 2 unspecified atom stereocenters. The Kier molecular flexibility index (Phi) is 10.7. The van der Waals surface area contributed by atoms with Crippen LogP contribution in [0.5, 0.6) is 0 Å². The van der Waals surface area contributed by atoms with Gasteiger partial charge in [0.15, 0.2) is 5.96 Å². The predicted molar refractivity (Wildman–Crippen MR) is 141 cm³/mol. The van der Waals surface area contributed by atoms with Gasteiger partial charge >= 0.3 is 0 Å². The number of rotatable bonds is 6. The molecule has 1 aliphatic rings. The van der Waals surface area contributed by atoms with Crippen LogP contribution in [0.4, 0.5) is 0 Å². The molecule has 0 bridgehead atoms. The van der Waals surface area contributed by atoms with Gasteiger partial charge in [0, 0.05) is 43.8 Å². The van der Waals surface area contributed by atoms with E-state index in [1.807, 2.05) is 67.3 Å². The zero-order valence-electron chi connectivity index (χ0n) is 18.8. The Labute approximate surface area is 212 Å². The molecule has 2 aromatic carbocycles. The number of hydrogen-bond acceptors (Lipinski definition) is 3. The normalized spacial score (nSPS) is 18.6. The Morgan fingerprint density at radius 2 is 1.62 bits per heavy atom. The fourth-order valence-corrected chi connectivity index (χ4v) is 3.80. The van der Waals surface area contributed by atoms with Crippen molar-refractivity contribution in [3.63, 3.8) is 0 Å². The van der Waals surface area contributed by atoms with Gasteiger partial charge in [0.2, 0.25) is 0 Å². The molecule has 0 spiro atoms. The summed E-state index contributed by atoms with van der Waals surface area (Å²) in [4.78, 5) is 18.9. The summed E-state index contributed by atoms with van der Waals surface area (Å²) in [5.41, 5.74) is 3.01. The summed E-state index contributed by atoms with van der Waals surface area (Å²) in [6.45, 7) is 6.66. The number of halogens is 2. The van der Waals surface area contributed by atoms with Crippen LogP contribution in [0.3, 0.4) is 0 Å². The SMILES string of the molecule is CN=C(NCCc1ccc(Cl)cc1)NCc1ccc(C(=O)N2CC(C)OC(C)C2)cc1.I. The van der Waals surface area contributed by atoms with Crippen molar-refractivity contribution >= 4 is 47.4 Å². The monoisotopic (exact) mass is 570 g/mol. The molecule has 32 heavy (non-hydrogen) atoms. The van der Waals surface area contributed by atoms with E-state index < -0.39 is 0 Å². The van der Waals surface area contributed by atoms with E-state index in [0.717, 1.165) is 29.5 Å². The number of benzene rings is 2. The lowest BCUT2D eigenvalue weighted by atomic mass is 10.1. The molecule has 2 aromatic rings. The lowest BCUT2D eigenvalue weighted by Crippen LogP contribution is -2.48. The third-order valence-electron chi connectivity index (χ3n) is 5.21. The van der Waals surface area contributed by atoms with Gasteiger partial charge in [-0.3, -0.25) is 9.79 Å². The molecule has 2 N–H and O–H groups in total. The highest BCUT2D eigenvalue weighted by atomic mass is 127. The molecule has 8 heteroatoms. The fraction of sp³-hybridized carbons (Fsp3) is 0.417. The van der Waals surface area contributed by atoms with E-state index in [0.29, 0.717) is 25.2 Å². The quantitative estimate of drug-likeness (QED) is 0.312. The highest BCUT2D eigenvalue weighted by Gasteiger charge is 2.26. The number of carbonyl (C=O) groups excluding carboxylic acids is 1. The van der Waals surface area contributed by atoms with Gasteiger partial charge in [0.1, 0.15) is 0 Å². The highest BCUT2D eigenvalue weighted by Crippen LogP contribution is 2.15. The van der Waals surface area contributed by atoms with Crippen molar-refractivity contribution in [1.82, 2.24) is 15.5 Å². The average molecular weight is 571 g/mol. The first-order valence-electron chi connectivity index (χ1n) is 10.7. The Balaban J connectivity index is 0.00000363. The number of amides is 1. The summed E-state index contributed by atoms with van der Waals surface area (Å²) < 4.78 is 5.72. The summed E-state index contributed by atoms with van der Waals surface area (Å²) in [5, 5.41) is 7.37. The van der Waals surface area contributed by atoms with E-state index in [1.165, 1.54) is 5.56 Å². The number of carbonyl (C=O) groups is 1. The van der Waals surface area contributed by atoms with E-state index >= 15 is 0 Å². The smallest absolute Gasteiger partial charge is 0.254 e. The second kappa shape index (κ2) is 13.0. The first-order valence-corrected chi connectivity index (χ1v) is 11.0. The van der Waals surface area contributed by atoms with E-state index in [2.05, 4.69) is 15.6 Å². The van der Waals surface area contributed by atoms with Crippen molar-refractivity contribution in [3.8, 4) is 0 Å². The molecule has 3 rings (SSSR count). The van der Waals surface area contributed by atoms with Gasteiger partial charge in [-0.1, -0.05) is 35.9 Å². The molecular formula is C24H32ClIN4O2. The number of guanidine groups is 1. The van der Waals surface area contributed by atoms with Crippen LogP contribution in [-0.2, 0) is 17.7 Å². The zero-order valence-corrected chi connectivity index (χ0v) is 21.9. The van der Waals surface area contributed by atoms with Crippen LogP contribution in [0, 0.1) is 0 Å². The highest BCUT2D eigenvalue weighted by molar-refractivity contribution is 14.0. The Morgan fingerprint density at radius 1 is 1.03 bits per heavy atom. The molecule has 1 saturated heterocycles. The van der Waals surface area contributed by atoms with Gasteiger partial charge in [0.25, 0.3) is 5.91 Å². The Morgan fingerprint density at radius 3 is 2.22 bits per heavy atom. The van der Waals surface area contributed by atoms with Crippen LogP contribution in [0.1, 0.15) is 35.3 Å². The van der Waals surface area contributed by atoms with Gasteiger partial charge in [-0.25, -0.2) is 0 Å². The van der Waals surface area contributed by atoms with Crippen LogP contribution in [-0.4, -0.2) is 55.7 Å². The Hall–Kier alpha value is -1.84. The largest absolute Gasteiger partial charge is 0.372 e. The van der Waals surface area contributed by atoms with Gasteiger partial charge in [-0.05, 0) is 55.7 Å². The van der Waals surface area contributed by atoms with Crippen LogP contribution < -0.4 is 10.6 Å². The predicted octanol–water partition coefficient (Wildman–Crippen LogP) is 4.12. The minimum absolute atomic E-state index is 0. The summed E-state index contributed by atoms with van der Waals surface area (Å²) in [5.74, 6) is 0.798. The summed E-state index contributed by atoms with van der Waals surface area (Å²) in [6, 6.07) is 15.6. The Bertz CT molecular complexity index is 880. The van der Waals surface area contributed by atoms with E-state index in [9.17, 15) is 4.79 Å². The van der Waals surface area contributed by atoms with Crippen molar-refractivity contribution in [2.75, 3.05) is 26.7 Å². The summed E-state index contributed by atoms with van der Waals surface area (Å²) in [7, 11) is 1.75. The van der Waals surface area contributed by atoms with Crippen LogP contribution in [0.15, 0.2) is 53.5 Å². The molecule has 1 fully saturated rings. The molecule has 1 amide bonds. The fourth-order valence-electron chi connectivity index (χ4n) is 3.67.